The Kier molecular flexibility index (Phi) is 6.26. The molecule has 1 aliphatic rings. The van der Waals surface area contributed by atoms with E-state index in [0.29, 0.717) is 0 Å². The molecule has 0 amide bonds. The van der Waals surface area contributed by atoms with Crippen LogP contribution in [0, 0.1) is 0 Å². The highest BCUT2D eigenvalue weighted by atomic mass is 15.2. The highest BCUT2D eigenvalue weighted by Gasteiger charge is 2.19. The molecule has 1 fully saturated rings. The lowest BCUT2D eigenvalue weighted by molar-refractivity contribution is 0.176. The molecule has 2 nitrogen and oxygen atoms in total. The van der Waals surface area contributed by atoms with E-state index in [2.05, 4.69) is 31.1 Å². The second kappa shape index (κ2) is 7.24. The van der Waals surface area contributed by atoms with Gasteiger partial charge in [0.1, 0.15) is 0 Å². The first-order chi connectivity index (χ1) is 7.27. The normalized spacial score (nSPS) is 25.4. The fourth-order valence-electron chi connectivity index (χ4n) is 2.50. The zero-order valence-corrected chi connectivity index (χ0v) is 10.8. The summed E-state index contributed by atoms with van der Waals surface area (Å²) >= 11 is 0. The van der Waals surface area contributed by atoms with Crippen LogP contribution < -0.4 is 5.32 Å². The zero-order chi connectivity index (χ0) is 11.1. The Morgan fingerprint density at radius 3 is 2.73 bits per heavy atom. The maximum atomic E-state index is 3.73. The van der Waals surface area contributed by atoms with E-state index in [1.807, 2.05) is 0 Å². The molecule has 1 rings (SSSR count). The first kappa shape index (κ1) is 13.0. The number of likely N-dealkylation sites (N-methyl/N-ethyl adjacent to an activating group) is 1. The summed E-state index contributed by atoms with van der Waals surface area (Å²) in [5, 5.41) is 3.73. The molecule has 0 aromatic rings. The predicted molar refractivity (Wildman–Crippen MR) is 67.3 cm³/mol. The van der Waals surface area contributed by atoms with Gasteiger partial charge in [-0.2, -0.15) is 0 Å². The topological polar surface area (TPSA) is 15.3 Å². The van der Waals surface area contributed by atoms with Gasteiger partial charge in [-0.15, -0.1) is 0 Å². The van der Waals surface area contributed by atoms with Crippen LogP contribution in [0.3, 0.4) is 0 Å². The van der Waals surface area contributed by atoms with Gasteiger partial charge in [0.05, 0.1) is 0 Å². The van der Waals surface area contributed by atoms with Crippen LogP contribution in [0.4, 0.5) is 0 Å². The van der Waals surface area contributed by atoms with E-state index in [-0.39, 0.29) is 0 Å². The van der Waals surface area contributed by atoms with E-state index < -0.39 is 0 Å². The molecule has 15 heavy (non-hydrogen) atoms. The maximum Gasteiger partial charge on any atom is 0.0217 e. The smallest absolute Gasteiger partial charge is 0.0217 e. The van der Waals surface area contributed by atoms with Crippen molar-refractivity contribution in [3.63, 3.8) is 0 Å². The van der Waals surface area contributed by atoms with Crippen LogP contribution in [0.5, 0.6) is 0 Å². The number of likely N-dealkylation sites (tertiary alicyclic amines) is 1. The third kappa shape index (κ3) is 4.52. The summed E-state index contributed by atoms with van der Waals surface area (Å²) in [5.41, 5.74) is 0. The summed E-state index contributed by atoms with van der Waals surface area (Å²) < 4.78 is 0. The lowest BCUT2D eigenvalue weighted by Crippen LogP contribution is -2.45. The van der Waals surface area contributed by atoms with Crippen molar-refractivity contribution in [2.75, 3.05) is 20.1 Å². The lowest BCUT2D eigenvalue weighted by atomic mass is 10.0. The second-order valence-corrected chi connectivity index (χ2v) is 4.93. The summed E-state index contributed by atoms with van der Waals surface area (Å²) in [7, 11) is 2.27. The predicted octanol–water partition coefficient (Wildman–Crippen LogP) is 2.64. The van der Waals surface area contributed by atoms with Gasteiger partial charge < -0.3 is 10.2 Å². The van der Waals surface area contributed by atoms with E-state index in [4.69, 9.17) is 0 Å². The Balaban J connectivity index is 2.21. The first-order valence-corrected chi connectivity index (χ1v) is 6.71. The van der Waals surface area contributed by atoms with Crippen molar-refractivity contribution in [3.05, 3.63) is 0 Å². The summed E-state index contributed by atoms with van der Waals surface area (Å²) in [6.07, 6.45) is 8.08. The Hall–Kier alpha value is -0.0800. The molecular weight excluding hydrogens is 184 g/mol. The molecule has 2 heteroatoms. The number of nitrogens with one attached hydrogen (secondary N) is 1. The van der Waals surface area contributed by atoms with E-state index in [1.165, 1.54) is 51.6 Å². The minimum atomic E-state index is 0.741. The van der Waals surface area contributed by atoms with Crippen LogP contribution in [0.15, 0.2) is 0 Å². The highest BCUT2D eigenvalue weighted by molar-refractivity contribution is 4.78. The van der Waals surface area contributed by atoms with Crippen LogP contribution in [0.1, 0.15) is 52.4 Å². The third-order valence-electron chi connectivity index (χ3n) is 3.69. The molecule has 1 aliphatic heterocycles. The van der Waals surface area contributed by atoms with E-state index in [9.17, 15) is 0 Å². The van der Waals surface area contributed by atoms with Crippen molar-refractivity contribution in [2.24, 2.45) is 0 Å². The Bertz CT molecular complexity index is 159. The van der Waals surface area contributed by atoms with Crippen molar-refractivity contribution < 1.29 is 0 Å². The monoisotopic (exact) mass is 212 g/mol. The van der Waals surface area contributed by atoms with Crippen LogP contribution in [0.25, 0.3) is 0 Å². The number of piperidine rings is 1. The average molecular weight is 212 g/mol. The van der Waals surface area contributed by atoms with Gasteiger partial charge in [-0.25, -0.2) is 0 Å². The molecule has 2 unspecified atom stereocenters. The Morgan fingerprint density at radius 2 is 2.13 bits per heavy atom. The molecule has 1 heterocycles. The van der Waals surface area contributed by atoms with Crippen molar-refractivity contribution in [1.82, 2.24) is 10.2 Å². The summed E-state index contributed by atoms with van der Waals surface area (Å²) in [4.78, 5) is 2.52. The van der Waals surface area contributed by atoms with Gasteiger partial charge in [-0.05, 0) is 39.3 Å². The second-order valence-electron chi connectivity index (χ2n) is 4.93. The number of nitrogens with zero attached hydrogens (tertiary/aromatic N) is 1. The Morgan fingerprint density at radius 1 is 1.33 bits per heavy atom. The molecule has 2 atom stereocenters. The zero-order valence-electron chi connectivity index (χ0n) is 10.8. The summed E-state index contributed by atoms with van der Waals surface area (Å²) in [6, 6.07) is 1.52. The molecule has 1 N–H and O–H groups in total. The SMILES string of the molecule is CCCC(CC)NCC1CCCCN1C. The molecule has 0 bridgehead atoms. The third-order valence-corrected chi connectivity index (χ3v) is 3.69. The van der Waals surface area contributed by atoms with Crippen molar-refractivity contribution >= 4 is 0 Å². The van der Waals surface area contributed by atoms with Gasteiger partial charge in [0.2, 0.25) is 0 Å². The van der Waals surface area contributed by atoms with Crippen molar-refractivity contribution in [1.29, 1.82) is 0 Å². The lowest BCUT2D eigenvalue weighted by Gasteiger charge is -2.33. The summed E-state index contributed by atoms with van der Waals surface area (Å²) in [6.45, 7) is 7.04. The molecule has 0 aromatic heterocycles. The average Bonchev–Trinajstić information content (AvgIpc) is 2.26. The van der Waals surface area contributed by atoms with E-state index in [1.54, 1.807) is 0 Å². The van der Waals surface area contributed by atoms with Gasteiger partial charge >= 0.3 is 0 Å². The van der Waals surface area contributed by atoms with Gasteiger partial charge in [0.25, 0.3) is 0 Å². The van der Waals surface area contributed by atoms with Crippen LogP contribution in [0.2, 0.25) is 0 Å². The quantitative estimate of drug-likeness (QED) is 0.728. The summed E-state index contributed by atoms with van der Waals surface area (Å²) in [5.74, 6) is 0. The van der Waals surface area contributed by atoms with Crippen LogP contribution in [-0.2, 0) is 0 Å². The van der Waals surface area contributed by atoms with Crippen LogP contribution >= 0.6 is 0 Å². The van der Waals surface area contributed by atoms with Gasteiger partial charge in [0.15, 0.2) is 0 Å². The molecule has 0 radical (unpaired) electrons. The molecular formula is C13H28N2. The molecule has 90 valence electrons. The van der Waals surface area contributed by atoms with E-state index in [0.717, 1.165) is 12.1 Å². The van der Waals surface area contributed by atoms with Gasteiger partial charge in [-0.3, -0.25) is 0 Å². The standard InChI is InChI=1S/C13H28N2/c1-4-8-12(5-2)14-11-13-9-6-7-10-15(13)3/h12-14H,4-11H2,1-3H3. The molecule has 0 saturated carbocycles. The minimum Gasteiger partial charge on any atom is -0.312 e. The van der Waals surface area contributed by atoms with Gasteiger partial charge in [0, 0.05) is 18.6 Å². The fourth-order valence-corrected chi connectivity index (χ4v) is 2.50. The van der Waals surface area contributed by atoms with Crippen molar-refractivity contribution in [2.45, 2.75) is 64.5 Å². The maximum absolute atomic E-state index is 3.73. The number of rotatable bonds is 6. The highest BCUT2D eigenvalue weighted by Crippen LogP contribution is 2.14. The van der Waals surface area contributed by atoms with Gasteiger partial charge in [-0.1, -0.05) is 26.7 Å². The minimum absolute atomic E-state index is 0.741. The van der Waals surface area contributed by atoms with Crippen molar-refractivity contribution in [3.8, 4) is 0 Å². The Labute approximate surface area is 95.4 Å². The number of hydrogen-bond acceptors (Lipinski definition) is 2. The largest absolute Gasteiger partial charge is 0.312 e. The molecule has 0 spiro atoms. The fraction of sp³-hybridized carbons (Fsp3) is 1.00. The van der Waals surface area contributed by atoms with E-state index >= 15 is 0 Å². The molecule has 0 aliphatic carbocycles. The molecule has 0 aromatic carbocycles. The number of hydrogen-bond donors (Lipinski definition) is 1. The first-order valence-electron chi connectivity index (χ1n) is 6.71. The molecule has 1 saturated heterocycles. The van der Waals surface area contributed by atoms with Crippen LogP contribution in [-0.4, -0.2) is 37.1 Å².